The number of urea groups is 1. The van der Waals surface area contributed by atoms with Crippen LogP contribution in [0.25, 0.3) is 6.08 Å². The first-order chi connectivity index (χ1) is 14.9. The van der Waals surface area contributed by atoms with Gasteiger partial charge in [-0.05, 0) is 80.3 Å². The summed E-state index contributed by atoms with van der Waals surface area (Å²) in [6.45, 7) is 2.47. The molecule has 7 heteroatoms. The fourth-order valence-electron chi connectivity index (χ4n) is 3.27. The van der Waals surface area contributed by atoms with E-state index < -0.39 is 11.9 Å². The molecule has 1 aliphatic rings. The minimum atomic E-state index is -0.473. The molecule has 1 saturated heterocycles. The topological polar surface area (TPSA) is 58.6 Å². The van der Waals surface area contributed by atoms with Gasteiger partial charge in [-0.3, -0.25) is 4.79 Å². The van der Waals surface area contributed by atoms with E-state index in [2.05, 4.69) is 43.2 Å². The summed E-state index contributed by atoms with van der Waals surface area (Å²) in [4.78, 5) is 26.2. The van der Waals surface area contributed by atoms with Crippen LogP contribution < -0.4 is 15.0 Å². The first kappa shape index (κ1) is 21.3. The van der Waals surface area contributed by atoms with Crippen molar-refractivity contribution in [3.8, 4) is 5.75 Å². The molecule has 0 saturated carbocycles. The van der Waals surface area contributed by atoms with Crippen LogP contribution in [0.3, 0.4) is 0 Å². The third kappa shape index (κ3) is 4.73. The number of hydrogen-bond acceptors (Lipinski definition) is 3. The molecule has 156 valence electrons. The predicted octanol–water partition coefficient (Wildman–Crippen LogP) is 6.20. The van der Waals surface area contributed by atoms with Gasteiger partial charge in [-0.15, -0.1) is 0 Å². The number of aryl methyl sites for hydroxylation is 1. The van der Waals surface area contributed by atoms with Crippen molar-refractivity contribution < 1.29 is 14.3 Å². The third-order valence-electron chi connectivity index (χ3n) is 4.69. The molecule has 0 bridgehead atoms. The molecule has 0 radical (unpaired) electrons. The Morgan fingerprint density at radius 2 is 1.68 bits per heavy atom. The molecule has 0 aromatic heterocycles. The van der Waals surface area contributed by atoms with Gasteiger partial charge in [-0.25, -0.2) is 9.69 Å². The summed E-state index contributed by atoms with van der Waals surface area (Å²) in [6.07, 6.45) is 1.64. The lowest BCUT2D eigenvalue weighted by atomic mass is 10.1. The molecule has 3 aromatic carbocycles. The van der Waals surface area contributed by atoms with Crippen molar-refractivity contribution in [2.75, 3.05) is 4.90 Å². The standard InChI is InChI=1S/C24H18Br2N2O3/c1-15-6-5-7-16(10-15)14-31-22-19(25)11-17(12-20(22)26)13-21-23(29)28(24(30)27-21)18-8-3-2-4-9-18/h2-13H,14H2,1H3,(H,27,30). The van der Waals surface area contributed by atoms with E-state index in [0.717, 1.165) is 25.0 Å². The highest BCUT2D eigenvalue weighted by molar-refractivity contribution is 9.11. The third-order valence-corrected chi connectivity index (χ3v) is 5.87. The van der Waals surface area contributed by atoms with Gasteiger partial charge >= 0.3 is 6.03 Å². The van der Waals surface area contributed by atoms with Crippen molar-refractivity contribution in [2.24, 2.45) is 0 Å². The molecular formula is C24H18Br2N2O3. The number of carbonyl (C=O) groups is 2. The molecule has 1 aliphatic heterocycles. The largest absolute Gasteiger partial charge is 0.487 e. The van der Waals surface area contributed by atoms with E-state index in [0.29, 0.717) is 18.0 Å². The number of amides is 3. The summed E-state index contributed by atoms with van der Waals surface area (Å²) in [6, 6.07) is 20.2. The van der Waals surface area contributed by atoms with Crippen LogP contribution in [0.4, 0.5) is 10.5 Å². The number of rotatable bonds is 5. The Hall–Kier alpha value is -2.90. The minimum Gasteiger partial charge on any atom is -0.487 e. The Morgan fingerprint density at radius 3 is 2.35 bits per heavy atom. The second-order valence-electron chi connectivity index (χ2n) is 7.06. The smallest absolute Gasteiger partial charge is 0.333 e. The second kappa shape index (κ2) is 9.08. The average Bonchev–Trinajstić information content (AvgIpc) is 3.01. The Balaban J connectivity index is 1.55. The maximum atomic E-state index is 12.8. The Morgan fingerprint density at radius 1 is 0.968 bits per heavy atom. The lowest BCUT2D eigenvalue weighted by molar-refractivity contribution is -0.113. The fraction of sp³-hybridized carbons (Fsp3) is 0.0833. The molecule has 1 N–H and O–H groups in total. The first-order valence-electron chi connectivity index (χ1n) is 9.52. The van der Waals surface area contributed by atoms with Gasteiger partial charge in [0.1, 0.15) is 18.1 Å². The molecular weight excluding hydrogens is 524 g/mol. The lowest BCUT2D eigenvalue weighted by Crippen LogP contribution is -2.30. The van der Waals surface area contributed by atoms with Crippen molar-refractivity contribution in [2.45, 2.75) is 13.5 Å². The summed E-state index contributed by atoms with van der Waals surface area (Å²) in [7, 11) is 0. The van der Waals surface area contributed by atoms with Crippen LogP contribution in [0.2, 0.25) is 0 Å². The van der Waals surface area contributed by atoms with Gasteiger partial charge in [0, 0.05) is 0 Å². The van der Waals surface area contributed by atoms with Gasteiger partial charge in [0.05, 0.1) is 14.6 Å². The maximum absolute atomic E-state index is 12.8. The number of halogens is 2. The van der Waals surface area contributed by atoms with E-state index in [4.69, 9.17) is 4.74 Å². The average molecular weight is 542 g/mol. The maximum Gasteiger partial charge on any atom is 0.333 e. The van der Waals surface area contributed by atoms with Gasteiger partial charge in [-0.1, -0.05) is 48.0 Å². The summed E-state index contributed by atoms with van der Waals surface area (Å²) in [5.74, 6) is 0.263. The van der Waals surface area contributed by atoms with Crippen LogP contribution in [-0.4, -0.2) is 11.9 Å². The van der Waals surface area contributed by atoms with Crippen LogP contribution in [0.15, 0.2) is 81.4 Å². The predicted molar refractivity (Wildman–Crippen MR) is 128 cm³/mol. The van der Waals surface area contributed by atoms with Crippen LogP contribution in [0.1, 0.15) is 16.7 Å². The minimum absolute atomic E-state index is 0.209. The van der Waals surface area contributed by atoms with Crippen molar-refractivity contribution in [3.05, 3.63) is 98.1 Å². The summed E-state index contributed by atoms with van der Waals surface area (Å²) < 4.78 is 7.46. The second-order valence-corrected chi connectivity index (χ2v) is 8.76. The number of nitrogens with one attached hydrogen (secondary N) is 1. The Labute approximate surface area is 197 Å². The summed E-state index contributed by atoms with van der Waals surface area (Å²) >= 11 is 7.09. The van der Waals surface area contributed by atoms with E-state index >= 15 is 0 Å². The van der Waals surface area contributed by atoms with E-state index in [1.807, 2.05) is 43.3 Å². The molecule has 0 unspecified atom stereocenters. The van der Waals surface area contributed by atoms with E-state index in [1.54, 1.807) is 30.3 Å². The molecule has 1 fully saturated rings. The van der Waals surface area contributed by atoms with Gasteiger partial charge < -0.3 is 10.1 Å². The highest BCUT2D eigenvalue weighted by Crippen LogP contribution is 2.36. The van der Waals surface area contributed by atoms with Crippen molar-refractivity contribution in [3.63, 3.8) is 0 Å². The molecule has 3 amide bonds. The van der Waals surface area contributed by atoms with Crippen LogP contribution in [0.5, 0.6) is 5.75 Å². The monoisotopic (exact) mass is 540 g/mol. The number of nitrogens with zero attached hydrogens (tertiary/aromatic N) is 1. The van der Waals surface area contributed by atoms with Crippen LogP contribution in [0, 0.1) is 6.92 Å². The molecule has 31 heavy (non-hydrogen) atoms. The van der Waals surface area contributed by atoms with Crippen LogP contribution >= 0.6 is 31.9 Å². The summed E-state index contributed by atoms with van der Waals surface area (Å²) in [5, 5.41) is 2.64. The zero-order valence-electron chi connectivity index (χ0n) is 16.6. The Kier molecular flexibility index (Phi) is 6.25. The van der Waals surface area contributed by atoms with Crippen molar-refractivity contribution in [1.82, 2.24) is 5.32 Å². The highest BCUT2D eigenvalue weighted by Gasteiger charge is 2.34. The zero-order valence-corrected chi connectivity index (χ0v) is 19.7. The zero-order chi connectivity index (χ0) is 22.0. The van der Waals surface area contributed by atoms with E-state index in [1.165, 1.54) is 5.56 Å². The molecule has 0 aliphatic carbocycles. The number of ether oxygens (including phenoxy) is 1. The van der Waals surface area contributed by atoms with E-state index in [9.17, 15) is 9.59 Å². The van der Waals surface area contributed by atoms with Crippen LogP contribution in [-0.2, 0) is 11.4 Å². The van der Waals surface area contributed by atoms with E-state index in [-0.39, 0.29) is 5.70 Å². The quantitative estimate of drug-likeness (QED) is 0.309. The fourth-order valence-corrected chi connectivity index (χ4v) is 4.72. The number of carbonyl (C=O) groups excluding carboxylic acids is 2. The van der Waals surface area contributed by atoms with Gasteiger partial charge in [0.2, 0.25) is 0 Å². The first-order valence-corrected chi connectivity index (χ1v) is 11.1. The van der Waals surface area contributed by atoms with Gasteiger partial charge in [0.15, 0.2) is 0 Å². The molecule has 1 heterocycles. The molecule has 3 aromatic rings. The number of hydrogen-bond donors (Lipinski definition) is 1. The lowest BCUT2D eigenvalue weighted by Gasteiger charge is -2.12. The molecule has 4 rings (SSSR count). The highest BCUT2D eigenvalue weighted by atomic mass is 79.9. The number of benzene rings is 3. The van der Waals surface area contributed by atoms with Gasteiger partial charge in [0.25, 0.3) is 5.91 Å². The molecule has 0 atom stereocenters. The molecule has 5 nitrogen and oxygen atoms in total. The Bertz CT molecular complexity index is 1170. The van der Waals surface area contributed by atoms with Gasteiger partial charge in [-0.2, -0.15) is 0 Å². The number of para-hydroxylation sites is 1. The van der Waals surface area contributed by atoms with Crippen molar-refractivity contribution in [1.29, 1.82) is 0 Å². The normalized spacial score (nSPS) is 14.8. The SMILES string of the molecule is Cc1cccc(COc2c(Br)cc(C=C3NC(=O)N(c4ccccc4)C3=O)cc2Br)c1. The summed E-state index contributed by atoms with van der Waals surface area (Å²) in [5.41, 5.74) is 3.72. The molecule has 0 spiro atoms. The number of imide groups is 1. The number of anilines is 1. The van der Waals surface area contributed by atoms with Crippen molar-refractivity contribution >= 4 is 55.6 Å².